The molecular weight excluding hydrogens is 223 g/mol. The van der Waals surface area contributed by atoms with E-state index in [4.69, 9.17) is 0 Å². The summed E-state index contributed by atoms with van der Waals surface area (Å²) in [5, 5.41) is 3.33. The van der Waals surface area contributed by atoms with E-state index in [1.165, 1.54) is 32.2 Å². The van der Waals surface area contributed by atoms with E-state index in [1.54, 1.807) is 6.04 Å². The summed E-state index contributed by atoms with van der Waals surface area (Å²) in [6.45, 7) is 5.75. The smallest absolute Gasteiger partial charge is 0 e. The largest absolute Gasteiger partial charge is 0.469 e. The molecule has 2 heteroatoms. The summed E-state index contributed by atoms with van der Waals surface area (Å²) >= 11 is 0. The molecule has 1 heterocycles. The zero-order valence-electron chi connectivity index (χ0n) is 8.27. The fraction of sp³-hybridized carbons (Fsp3) is 0.800. The van der Waals surface area contributed by atoms with E-state index >= 15 is 0 Å². The Morgan fingerprint density at radius 3 is 2.58 bits per heavy atom. The van der Waals surface area contributed by atoms with Crippen molar-refractivity contribution in [3.8, 4) is 0 Å². The molecule has 1 N–H and O–H groups in total. The second-order valence-electron chi connectivity index (χ2n) is 3.74. The quantitative estimate of drug-likeness (QED) is 0.577. The van der Waals surface area contributed by atoms with Gasteiger partial charge in [-0.25, -0.2) is 6.42 Å². The van der Waals surface area contributed by atoms with Crippen LogP contribution in [0.2, 0.25) is 0 Å². The maximum atomic E-state index is 3.33. The summed E-state index contributed by atoms with van der Waals surface area (Å²) in [5.74, 6) is 0.828. The van der Waals surface area contributed by atoms with E-state index in [0.29, 0.717) is 0 Å². The van der Waals surface area contributed by atoms with Crippen molar-refractivity contribution >= 4 is 0 Å². The van der Waals surface area contributed by atoms with Crippen LogP contribution in [0, 0.1) is 18.4 Å². The van der Waals surface area contributed by atoms with Crippen LogP contribution in [0.15, 0.2) is 0 Å². The van der Waals surface area contributed by atoms with Gasteiger partial charge in [0.05, 0.1) is 0 Å². The Morgan fingerprint density at radius 2 is 2.17 bits per heavy atom. The molecule has 0 bridgehead atoms. The van der Waals surface area contributed by atoms with Crippen LogP contribution in [-0.4, -0.2) is 6.54 Å². The Morgan fingerprint density at radius 1 is 1.50 bits per heavy atom. The van der Waals surface area contributed by atoms with Gasteiger partial charge in [0.15, 0.2) is 0 Å². The number of hydrogen-bond acceptors (Lipinski definition) is 1. The third-order valence-electron chi connectivity index (χ3n) is 2.09. The van der Waals surface area contributed by atoms with Gasteiger partial charge in [0.25, 0.3) is 0 Å². The maximum Gasteiger partial charge on any atom is 0 e. The van der Waals surface area contributed by atoms with Gasteiger partial charge in [0, 0.05) is 32.7 Å². The van der Waals surface area contributed by atoms with Crippen LogP contribution in [0.25, 0.3) is 0 Å². The molecule has 1 nitrogen and oxygen atoms in total. The zero-order chi connectivity index (χ0) is 8.10. The fourth-order valence-corrected chi connectivity index (χ4v) is 1.24. The minimum absolute atomic E-state index is 0. The predicted molar refractivity (Wildman–Crippen MR) is 48.9 cm³/mol. The normalized spacial score (nSPS) is 17.2. The summed E-state index contributed by atoms with van der Waals surface area (Å²) in [4.78, 5) is 0. The minimum Gasteiger partial charge on any atom is -0.469 e. The van der Waals surface area contributed by atoms with Crippen molar-refractivity contribution in [1.82, 2.24) is 5.32 Å². The molecule has 0 aromatic rings. The van der Waals surface area contributed by atoms with Crippen LogP contribution in [0.3, 0.4) is 0 Å². The summed E-state index contributed by atoms with van der Waals surface area (Å²) in [6.07, 6.45) is 7.54. The molecule has 0 aromatic heterocycles. The number of hydrogen-bond donors (Lipinski definition) is 1. The predicted octanol–water partition coefficient (Wildman–Crippen LogP) is 2.54. The molecule has 1 rings (SSSR count). The zero-order valence-corrected chi connectivity index (χ0v) is 11.1. The van der Waals surface area contributed by atoms with Crippen molar-refractivity contribution in [3.05, 3.63) is 12.5 Å². The minimum atomic E-state index is 0. The van der Waals surface area contributed by atoms with E-state index < -0.39 is 0 Å². The van der Waals surface area contributed by atoms with Crippen LogP contribution in [0.5, 0.6) is 0 Å². The monoisotopic (exact) mass is 242 g/mol. The molecule has 1 aliphatic rings. The topological polar surface area (TPSA) is 12.0 Å². The Hall–Kier alpha value is 1.06. The Kier molecular flexibility index (Phi) is 8.13. The van der Waals surface area contributed by atoms with Crippen LogP contribution in [0.1, 0.15) is 39.5 Å². The molecule has 69 valence electrons. The van der Waals surface area contributed by atoms with Crippen molar-refractivity contribution in [1.29, 1.82) is 0 Å². The summed E-state index contributed by atoms with van der Waals surface area (Å²) < 4.78 is 0. The van der Waals surface area contributed by atoms with E-state index in [0.717, 1.165) is 5.92 Å². The number of rotatable bonds is 5. The van der Waals surface area contributed by atoms with Crippen molar-refractivity contribution in [2.24, 2.45) is 5.92 Å². The van der Waals surface area contributed by atoms with Gasteiger partial charge in [0.1, 0.15) is 0 Å². The third-order valence-corrected chi connectivity index (χ3v) is 2.09. The van der Waals surface area contributed by atoms with Crippen molar-refractivity contribution in [2.45, 2.75) is 39.5 Å². The molecule has 1 saturated heterocycles. The first-order valence-electron chi connectivity index (χ1n) is 4.69. The molecular formula is C10H19NY-2. The van der Waals surface area contributed by atoms with Crippen molar-refractivity contribution < 1.29 is 32.7 Å². The number of unbranched alkanes of at least 4 members (excludes halogenated alkanes) is 1. The van der Waals surface area contributed by atoms with Gasteiger partial charge in [-0.3, -0.25) is 6.04 Å². The van der Waals surface area contributed by atoms with Gasteiger partial charge < -0.3 is 11.7 Å². The first-order chi connectivity index (χ1) is 5.29. The maximum absolute atomic E-state index is 3.33. The molecule has 1 aliphatic heterocycles. The molecule has 1 radical (unpaired) electrons. The summed E-state index contributed by atoms with van der Waals surface area (Å²) in [5.41, 5.74) is 0. The Bertz CT molecular complexity index is 100. The van der Waals surface area contributed by atoms with Gasteiger partial charge in [-0.2, -0.15) is 19.3 Å². The van der Waals surface area contributed by atoms with Crippen LogP contribution in [0.4, 0.5) is 0 Å². The van der Waals surface area contributed by atoms with Gasteiger partial charge in [-0.05, 0) is 0 Å². The van der Waals surface area contributed by atoms with Crippen LogP contribution >= 0.6 is 0 Å². The first kappa shape index (κ1) is 13.1. The van der Waals surface area contributed by atoms with E-state index in [9.17, 15) is 0 Å². The van der Waals surface area contributed by atoms with E-state index in [2.05, 4.69) is 25.6 Å². The molecule has 12 heavy (non-hydrogen) atoms. The average Bonchev–Trinajstić information content (AvgIpc) is 1.82. The van der Waals surface area contributed by atoms with E-state index in [1.807, 2.05) is 0 Å². The van der Waals surface area contributed by atoms with Gasteiger partial charge in [0.2, 0.25) is 0 Å². The second kappa shape index (κ2) is 7.47. The number of nitrogens with one attached hydrogen (secondary N) is 1. The standard InChI is InChI=1S/C10H19N.Y/c1-9(2)5-3-4-6-10-7-8-11-10;/h3,9,11H,4-8H2,1-2H3;/q-2;. The summed E-state index contributed by atoms with van der Waals surface area (Å²) in [7, 11) is 0. The van der Waals surface area contributed by atoms with Gasteiger partial charge in [-0.1, -0.05) is 26.3 Å². The van der Waals surface area contributed by atoms with Gasteiger partial charge in [-0.15, -0.1) is 0 Å². The molecule has 0 saturated carbocycles. The molecule has 0 aromatic carbocycles. The Labute approximate surface area is 102 Å². The second-order valence-corrected chi connectivity index (χ2v) is 3.74. The summed E-state index contributed by atoms with van der Waals surface area (Å²) in [6, 6.07) is 1.56. The molecule has 0 aliphatic carbocycles. The molecule has 0 unspecified atom stereocenters. The SMILES string of the molecule is CC(C)C[CH-]CC[C-]1CCN1.[Y]. The Balaban J connectivity index is 0.00000121. The molecule has 0 amide bonds. The van der Waals surface area contributed by atoms with Gasteiger partial charge >= 0.3 is 0 Å². The average molecular weight is 242 g/mol. The van der Waals surface area contributed by atoms with Crippen LogP contribution < -0.4 is 5.32 Å². The van der Waals surface area contributed by atoms with Crippen molar-refractivity contribution in [3.63, 3.8) is 0 Å². The molecule has 0 atom stereocenters. The van der Waals surface area contributed by atoms with E-state index in [-0.39, 0.29) is 32.7 Å². The first-order valence-corrected chi connectivity index (χ1v) is 4.69. The molecule has 0 spiro atoms. The van der Waals surface area contributed by atoms with Crippen molar-refractivity contribution in [2.75, 3.05) is 6.54 Å². The fourth-order valence-electron chi connectivity index (χ4n) is 1.24. The molecule has 1 fully saturated rings. The third kappa shape index (κ3) is 5.67. The van der Waals surface area contributed by atoms with Crippen LogP contribution in [-0.2, 0) is 32.7 Å².